The molecule has 106 valence electrons. The van der Waals surface area contributed by atoms with Crippen molar-refractivity contribution in [2.75, 3.05) is 13.2 Å². The molecule has 0 aliphatic heterocycles. The molecule has 0 saturated carbocycles. The average Bonchev–Trinajstić information content (AvgIpc) is 2.33. The van der Waals surface area contributed by atoms with Gasteiger partial charge in [0.2, 0.25) is 0 Å². The lowest BCUT2D eigenvalue weighted by molar-refractivity contribution is -0.384. The van der Waals surface area contributed by atoms with Gasteiger partial charge in [0.05, 0.1) is 4.92 Å². The van der Waals surface area contributed by atoms with Crippen LogP contribution in [-0.2, 0) is 6.54 Å². The first-order chi connectivity index (χ1) is 8.83. The number of nitrogens with one attached hydrogen (secondary N) is 1. The van der Waals surface area contributed by atoms with Crippen molar-refractivity contribution in [1.82, 2.24) is 5.32 Å². The Labute approximate surface area is 107 Å². The minimum atomic E-state index is -4.45. The maximum Gasteiger partial charge on any atom is 0.422 e. The fraction of sp³-hybridized carbons (Fsp3) is 0.455. The van der Waals surface area contributed by atoms with Crippen LogP contribution in [0.3, 0.4) is 0 Å². The average molecular weight is 278 g/mol. The molecule has 8 heteroatoms. The van der Waals surface area contributed by atoms with Gasteiger partial charge in [0.25, 0.3) is 5.69 Å². The number of halogens is 3. The zero-order valence-electron chi connectivity index (χ0n) is 10.2. The third kappa shape index (κ3) is 5.12. The molecule has 1 aromatic carbocycles. The highest BCUT2D eigenvalue weighted by Gasteiger charge is 2.29. The summed E-state index contributed by atoms with van der Waals surface area (Å²) in [5, 5.41) is 13.5. The molecule has 1 aromatic rings. The lowest BCUT2D eigenvalue weighted by Gasteiger charge is -2.13. The standard InChI is InChI=1S/C11H13F3N2O3/c1-2-15-6-8-5-9(16(17)18)3-4-10(8)19-7-11(12,13)14/h3-5,15H,2,6-7H2,1H3. The third-order valence-electron chi connectivity index (χ3n) is 2.21. The molecular weight excluding hydrogens is 265 g/mol. The summed E-state index contributed by atoms with van der Waals surface area (Å²) < 4.78 is 40.9. The topological polar surface area (TPSA) is 64.4 Å². The van der Waals surface area contributed by atoms with Crippen LogP contribution in [0.4, 0.5) is 18.9 Å². The molecule has 0 aliphatic rings. The van der Waals surface area contributed by atoms with Gasteiger partial charge in [0.15, 0.2) is 6.61 Å². The van der Waals surface area contributed by atoms with Crippen LogP contribution in [0.5, 0.6) is 5.75 Å². The van der Waals surface area contributed by atoms with Gasteiger partial charge in [-0.2, -0.15) is 13.2 Å². The molecule has 0 heterocycles. The predicted octanol–water partition coefficient (Wildman–Crippen LogP) is 2.65. The zero-order chi connectivity index (χ0) is 14.5. The highest BCUT2D eigenvalue weighted by molar-refractivity contribution is 5.43. The van der Waals surface area contributed by atoms with Crippen molar-refractivity contribution in [2.24, 2.45) is 0 Å². The number of benzene rings is 1. The first-order valence-corrected chi connectivity index (χ1v) is 5.51. The Balaban J connectivity index is 2.91. The molecule has 0 spiro atoms. The lowest BCUT2D eigenvalue weighted by Crippen LogP contribution is -2.20. The smallest absolute Gasteiger partial charge is 0.422 e. The summed E-state index contributed by atoms with van der Waals surface area (Å²) in [7, 11) is 0. The third-order valence-corrected chi connectivity index (χ3v) is 2.21. The Kier molecular flexibility index (Phi) is 5.11. The minimum absolute atomic E-state index is 0.0103. The molecule has 1 N–H and O–H groups in total. The Morgan fingerprint density at radius 3 is 2.63 bits per heavy atom. The summed E-state index contributed by atoms with van der Waals surface area (Å²) in [4.78, 5) is 10.0. The van der Waals surface area contributed by atoms with Gasteiger partial charge in [-0.15, -0.1) is 0 Å². The summed E-state index contributed by atoms with van der Waals surface area (Å²) in [5.74, 6) is -0.0103. The molecule has 0 unspecified atom stereocenters. The summed E-state index contributed by atoms with van der Waals surface area (Å²) >= 11 is 0. The lowest BCUT2D eigenvalue weighted by atomic mass is 10.1. The molecule has 0 radical (unpaired) electrons. The van der Waals surface area contributed by atoms with Crippen LogP contribution in [0.25, 0.3) is 0 Å². The van der Waals surface area contributed by atoms with E-state index in [1.54, 1.807) is 0 Å². The maximum atomic E-state index is 12.1. The molecule has 19 heavy (non-hydrogen) atoms. The SMILES string of the molecule is CCNCc1cc([N+](=O)[O-])ccc1OCC(F)(F)F. The first kappa shape index (κ1) is 15.2. The molecule has 1 rings (SSSR count). The molecule has 5 nitrogen and oxygen atoms in total. The fourth-order valence-electron chi connectivity index (χ4n) is 1.38. The van der Waals surface area contributed by atoms with Crippen molar-refractivity contribution in [3.63, 3.8) is 0 Å². The monoisotopic (exact) mass is 278 g/mol. The highest BCUT2D eigenvalue weighted by atomic mass is 19.4. The van der Waals surface area contributed by atoms with E-state index in [2.05, 4.69) is 10.1 Å². The molecule has 0 aliphatic carbocycles. The van der Waals surface area contributed by atoms with Gasteiger partial charge in [-0.25, -0.2) is 0 Å². The van der Waals surface area contributed by atoms with Crippen molar-refractivity contribution in [3.05, 3.63) is 33.9 Å². The van der Waals surface area contributed by atoms with Crippen molar-refractivity contribution in [2.45, 2.75) is 19.6 Å². The number of alkyl halides is 3. The van der Waals surface area contributed by atoms with E-state index in [1.165, 1.54) is 12.1 Å². The summed E-state index contributed by atoms with van der Waals surface area (Å²) in [6.07, 6.45) is -4.45. The number of nitro benzene ring substituents is 1. The van der Waals surface area contributed by atoms with Crippen molar-refractivity contribution < 1.29 is 22.8 Å². The first-order valence-electron chi connectivity index (χ1n) is 5.51. The normalized spacial score (nSPS) is 11.4. The molecule has 0 amide bonds. The van der Waals surface area contributed by atoms with Crippen LogP contribution < -0.4 is 10.1 Å². The summed E-state index contributed by atoms with van der Waals surface area (Å²) in [6, 6.07) is 3.49. The molecule has 0 fully saturated rings. The zero-order valence-corrected chi connectivity index (χ0v) is 10.2. The van der Waals surface area contributed by atoms with Gasteiger partial charge in [0, 0.05) is 24.2 Å². The molecule has 0 atom stereocenters. The van der Waals surface area contributed by atoms with Gasteiger partial charge >= 0.3 is 6.18 Å². The number of hydrogen-bond donors (Lipinski definition) is 1. The van der Waals surface area contributed by atoms with Crippen LogP contribution >= 0.6 is 0 Å². The van der Waals surface area contributed by atoms with Crippen LogP contribution in [0.1, 0.15) is 12.5 Å². The predicted molar refractivity (Wildman–Crippen MR) is 62.0 cm³/mol. The van der Waals surface area contributed by atoms with Gasteiger partial charge in [-0.05, 0) is 12.6 Å². The van der Waals surface area contributed by atoms with Crippen LogP contribution in [0.2, 0.25) is 0 Å². The Bertz CT molecular complexity index is 449. The molecule has 0 aromatic heterocycles. The molecule has 0 bridgehead atoms. The van der Waals surface area contributed by atoms with Crippen LogP contribution in [0, 0.1) is 10.1 Å². The van der Waals surface area contributed by atoms with E-state index in [4.69, 9.17) is 0 Å². The van der Waals surface area contributed by atoms with Gasteiger partial charge in [-0.3, -0.25) is 10.1 Å². The van der Waals surface area contributed by atoms with Crippen LogP contribution in [-0.4, -0.2) is 24.3 Å². The molecular formula is C11H13F3N2O3. The minimum Gasteiger partial charge on any atom is -0.484 e. The van der Waals surface area contributed by atoms with Crippen molar-refractivity contribution >= 4 is 5.69 Å². The quantitative estimate of drug-likeness (QED) is 0.641. The van der Waals surface area contributed by atoms with E-state index < -0.39 is 17.7 Å². The maximum absolute atomic E-state index is 12.1. The number of ether oxygens (including phenoxy) is 1. The van der Waals surface area contributed by atoms with E-state index in [1.807, 2.05) is 6.92 Å². The summed E-state index contributed by atoms with van der Waals surface area (Å²) in [6.45, 7) is 1.17. The largest absolute Gasteiger partial charge is 0.484 e. The van der Waals surface area contributed by atoms with E-state index in [0.717, 1.165) is 6.07 Å². The van der Waals surface area contributed by atoms with Gasteiger partial charge in [0.1, 0.15) is 5.75 Å². The van der Waals surface area contributed by atoms with Gasteiger partial charge in [-0.1, -0.05) is 6.92 Å². The number of nitro groups is 1. The van der Waals surface area contributed by atoms with Gasteiger partial charge < -0.3 is 10.1 Å². The number of hydrogen-bond acceptors (Lipinski definition) is 4. The Morgan fingerprint density at radius 2 is 2.11 bits per heavy atom. The fourth-order valence-corrected chi connectivity index (χ4v) is 1.38. The molecule has 0 saturated heterocycles. The van der Waals surface area contributed by atoms with E-state index in [0.29, 0.717) is 12.1 Å². The highest BCUT2D eigenvalue weighted by Crippen LogP contribution is 2.26. The van der Waals surface area contributed by atoms with E-state index in [9.17, 15) is 23.3 Å². The van der Waals surface area contributed by atoms with Crippen molar-refractivity contribution in [3.8, 4) is 5.75 Å². The second kappa shape index (κ2) is 6.37. The number of nitrogens with zero attached hydrogens (tertiary/aromatic N) is 1. The second-order valence-corrected chi connectivity index (χ2v) is 3.73. The second-order valence-electron chi connectivity index (χ2n) is 3.73. The number of rotatable bonds is 6. The van der Waals surface area contributed by atoms with Crippen molar-refractivity contribution in [1.29, 1.82) is 0 Å². The van der Waals surface area contributed by atoms with Crippen LogP contribution in [0.15, 0.2) is 18.2 Å². The Hall–Kier alpha value is -1.83. The number of non-ortho nitro benzene ring substituents is 1. The summed E-state index contributed by atoms with van der Waals surface area (Å²) in [5.41, 5.74) is 0.132. The van der Waals surface area contributed by atoms with E-state index >= 15 is 0 Å². The Morgan fingerprint density at radius 1 is 1.42 bits per heavy atom. The van der Waals surface area contributed by atoms with E-state index in [-0.39, 0.29) is 18.0 Å².